The lowest BCUT2D eigenvalue weighted by molar-refractivity contribution is 0.306. The number of nitrogens with two attached hydrogens (primary N) is 1. The zero-order valence-corrected chi connectivity index (χ0v) is 8.32. The first-order valence-electron chi connectivity index (χ1n) is 4.30. The molecule has 0 aromatic heterocycles. The summed E-state index contributed by atoms with van der Waals surface area (Å²) in [5, 5.41) is 11.1. The fourth-order valence-corrected chi connectivity index (χ4v) is 1.04. The molecule has 4 heteroatoms. The highest BCUT2D eigenvalue weighted by Gasteiger charge is 2.00. The lowest BCUT2D eigenvalue weighted by Crippen LogP contribution is -2.21. The first-order chi connectivity index (χ1) is 6.63. The molecule has 1 aromatic carbocycles. The van der Waals surface area contributed by atoms with Crippen LogP contribution in [-0.2, 0) is 0 Å². The van der Waals surface area contributed by atoms with Gasteiger partial charge in [0.2, 0.25) is 0 Å². The molecular formula is C10H14N2O2. The number of rotatable bonds is 3. The van der Waals surface area contributed by atoms with Gasteiger partial charge in [0.1, 0.15) is 12.4 Å². The molecule has 0 aliphatic heterocycles. The van der Waals surface area contributed by atoms with Gasteiger partial charge in [0.05, 0.1) is 0 Å². The van der Waals surface area contributed by atoms with Crippen LogP contribution in [0, 0.1) is 13.8 Å². The van der Waals surface area contributed by atoms with Crippen LogP contribution in [0.2, 0.25) is 0 Å². The van der Waals surface area contributed by atoms with E-state index >= 15 is 0 Å². The molecule has 0 bridgehead atoms. The number of amidine groups is 1. The van der Waals surface area contributed by atoms with E-state index in [2.05, 4.69) is 5.16 Å². The van der Waals surface area contributed by atoms with Crippen LogP contribution in [0.15, 0.2) is 23.4 Å². The predicted molar refractivity (Wildman–Crippen MR) is 54.8 cm³/mol. The summed E-state index contributed by atoms with van der Waals surface area (Å²) in [4.78, 5) is 0. The Morgan fingerprint density at radius 2 is 2.21 bits per heavy atom. The van der Waals surface area contributed by atoms with Gasteiger partial charge < -0.3 is 15.7 Å². The monoisotopic (exact) mass is 194 g/mol. The summed E-state index contributed by atoms with van der Waals surface area (Å²) in [5.41, 5.74) is 7.43. The number of oxime groups is 1. The van der Waals surface area contributed by atoms with Gasteiger partial charge >= 0.3 is 0 Å². The highest BCUT2D eigenvalue weighted by molar-refractivity contribution is 5.81. The summed E-state index contributed by atoms with van der Waals surface area (Å²) < 4.78 is 5.35. The van der Waals surface area contributed by atoms with Crippen molar-refractivity contribution in [2.45, 2.75) is 13.8 Å². The van der Waals surface area contributed by atoms with Gasteiger partial charge in [-0.1, -0.05) is 17.3 Å². The van der Waals surface area contributed by atoms with Crippen molar-refractivity contribution in [3.63, 3.8) is 0 Å². The topological polar surface area (TPSA) is 67.8 Å². The fourth-order valence-electron chi connectivity index (χ4n) is 1.04. The van der Waals surface area contributed by atoms with Crippen LogP contribution in [0.5, 0.6) is 5.75 Å². The van der Waals surface area contributed by atoms with Gasteiger partial charge in [0.25, 0.3) is 0 Å². The number of ether oxygens (including phenoxy) is 1. The molecule has 0 radical (unpaired) electrons. The van der Waals surface area contributed by atoms with Crippen LogP contribution < -0.4 is 10.5 Å². The minimum absolute atomic E-state index is 0.0610. The van der Waals surface area contributed by atoms with E-state index in [0.29, 0.717) is 0 Å². The van der Waals surface area contributed by atoms with Crippen LogP contribution in [0.4, 0.5) is 0 Å². The second-order valence-corrected chi connectivity index (χ2v) is 3.15. The Morgan fingerprint density at radius 1 is 1.50 bits per heavy atom. The lowest BCUT2D eigenvalue weighted by atomic mass is 10.1. The molecular weight excluding hydrogens is 180 g/mol. The SMILES string of the molecule is Cc1ccc(C)c(OC/C(N)=N/O)c1. The van der Waals surface area contributed by atoms with Gasteiger partial charge in [0, 0.05) is 0 Å². The molecule has 0 saturated heterocycles. The lowest BCUT2D eigenvalue weighted by Gasteiger charge is -2.08. The summed E-state index contributed by atoms with van der Waals surface area (Å²) in [6.45, 7) is 4.03. The van der Waals surface area contributed by atoms with E-state index < -0.39 is 0 Å². The molecule has 0 fully saturated rings. The fraction of sp³-hybridized carbons (Fsp3) is 0.300. The molecule has 3 N–H and O–H groups in total. The van der Waals surface area contributed by atoms with Crippen molar-refractivity contribution < 1.29 is 9.94 Å². The first kappa shape index (κ1) is 10.4. The average Bonchev–Trinajstić information content (AvgIpc) is 2.19. The highest BCUT2D eigenvalue weighted by Crippen LogP contribution is 2.18. The second-order valence-electron chi connectivity index (χ2n) is 3.15. The summed E-state index contributed by atoms with van der Waals surface area (Å²) in [5.74, 6) is 0.822. The Labute approximate surface area is 83.0 Å². The minimum Gasteiger partial charge on any atom is -0.485 e. The quantitative estimate of drug-likeness (QED) is 0.331. The third-order valence-corrected chi connectivity index (χ3v) is 1.85. The maximum absolute atomic E-state index is 8.32. The molecule has 0 saturated carbocycles. The van der Waals surface area contributed by atoms with Crippen LogP contribution in [0.1, 0.15) is 11.1 Å². The normalized spacial score (nSPS) is 11.4. The number of hydrogen-bond acceptors (Lipinski definition) is 3. The van der Waals surface area contributed by atoms with Crippen molar-refractivity contribution >= 4 is 5.84 Å². The van der Waals surface area contributed by atoms with Gasteiger partial charge in [0.15, 0.2) is 5.84 Å². The molecule has 0 unspecified atom stereocenters. The van der Waals surface area contributed by atoms with Gasteiger partial charge in [-0.3, -0.25) is 0 Å². The average molecular weight is 194 g/mol. The zero-order chi connectivity index (χ0) is 10.6. The zero-order valence-electron chi connectivity index (χ0n) is 8.32. The van der Waals surface area contributed by atoms with Crippen LogP contribution >= 0.6 is 0 Å². The molecule has 1 aromatic rings. The van der Waals surface area contributed by atoms with E-state index in [0.717, 1.165) is 16.9 Å². The molecule has 0 heterocycles. The highest BCUT2D eigenvalue weighted by atomic mass is 16.5. The van der Waals surface area contributed by atoms with E-state index in [1.54, 1.807) is 0 Å². The van der Waals surface area contributed by atoms with Gasteiger partial charge in [-0.2, -0.15) is 0 Å². The molecule has 14 heavy (non-hydrogen) atoms. The Balaban J connectivity index is 2.71. The summed E-state index contributed by atoms with van der Waals surface area (Å²) in [6, 6.07) is 5.89. The van der Waals surface area contributed by atoms with Crippen LogP contribution in [0.25, 0.3) is 0 Å². The van der Waals surface area contributed by atoms with Gasteiger partial charge in [-0.25, -0.2) is 0 Å². The Hall–Kier alpha value is -1.71. The Morgan fingerprint density at radius 3 is 2.86 bits per heavy atom. The summed E-state index contributed by atoms with van der Waals surface area (Å²) >= 11 is 0. The van der Waals surface area contributed by atoms with Crippen molar-refractivity contribution in [2.24, 2.45) is 10.9 Å². The maximum Gasteiger partial charge on any atom is 0.177 e. The number of benzene rings is 1. The smallest absolute Gasteiger partial charge is 0.177 e. The van der Waals surface area contributed by atoms with E-state index in [9.17, 15) is 0 Å². The van der Waals surface area contributed by atoms with Crippen molar-refractivity contribution in [3.8, 4) is 5.75 Å². The largest absolute Gasteiger partial charge is 0.485 e. The summed E-state index contributed by atoms with van der Waals surface area (Å²) in [7, 11) is 0. The Bertz CT molecular complexity index is 348. The molecule has 0 aliphatic carbocycles. The van der Waals surface area contributed by atoms with Gasteiger partial charge in [-0.15, -0.1) is 0 Å². The van der Waals surface area contributed by atoms with Gasteiger partial charge in [-0.05, 0) is 31.0 Å². The van der Waals surface area contributed by atoms with E-state index in [4.69, 9.17) is 15.7 Å². The van der Waals surface area contributed by atoms with Crippen molar-refractivity contribution in [1.82, 2.24) is 0 Å². The molecule has 0 aliphatic rings. The van der Waals surface area contributed by atoms with Crippen LogP contribution in [0.3, 0.4) is 0 Å². The molecule has 0 amide bonds. The molecule has 4 nitrogen and oxygen atoms in total. The molecule has 0 spiro atoms. The molecule has 76 valence electrons. The second kappa shape index (κ2) is 4.50. The standard InChI is InChI=1S/C10H14N2O2/c1-7-3-4-8(2)9(5-7)14-6-10(11)12-13/h3-5,13H,6H2,1-2H3,(H2,11,12). The third-order valence-electron chi connectivity index (χ3n) is 1.85. The number of aryl methyl sites for hydroxylation is 2. The molecule has 1 rings (SSSR count). The van der Waals surface area contributed by atoms with E-state index in [1.807, 2.05) is 32.0 Å². The maximum atomic E-state index is 8.32. The third kappa shape index (κ3) is 2.65. The minimum atomic E-state index is 0.0610. The predicted octanol–water partition coefficient (Wildman–Crippen LogP) is 1.43. The molecule has 0 atom stereocenters. The first-order valence-corrected chi connectivity index (χ1v) is 4.30. The van der Waals surface area contributed by atoms with Crippen molar-refractivity contribution in [2.75, 3.05) is 6.61 Å². The van der Waals surface area contributed by atoms with Crippen molar-refractivity contribution in [1.29, 1.82) is 0 Å². The number of nitrogens with zero attached hydrogens (tertiary/aromatic N) is 1. The van der Waals surface area contributed by atoms with E-state index in [1.165, 1.54) is 0 Å². The number of hydrogen-bond donors (Lipinski definition) is 2. The van der Waals surface area contributed by atoms with Crippen LogP contribution in [-0.4, -0.2) is 17.6 Å². The Kier molecular flexibility index (Phi) is 3.34. The summed E-state index contributed by atoms with van der Waals surface area (Å²) in [6.07, 6.45) is 0. The van der Waals surface area contributed by atoms with Crippen molar-refractivity contribution in [3.05, 3.63) is 29.3 Å². The van der Waals surface area contributed by atoms with E-state index in [-0.39, 0.29) is 12.4 Å².